The van der Waals surface area contributed by atoms with Crippen molar-refractivity contribution in [3.8, 4) is 0 Å². The highest BCUT2D eigenvalue weighted by Crippen LogP contribution is 2.28. The molecule has 1 aliphatic rings. The minimum atomic E-state index is -0.379. The van der Waals surface area contributed by atoms with E-state index in [0.29, 0.717) is 28.1 Å². The lowest BCUT2D eigenvalue weighted by molar-refractivity contribution is 0.0924. The van der Waals surface area contributed by atoms with Gasteiger partial charge in [0.25, 0.3) is 17.7 Å². The lowest BCUT2D eigenvalue weighted by atomic mass is 10.1. The van der Waals surface area contributed by atoms with Gasteiger partial charge in [-0.25, -0.2) is 4.90 Å². The van der Waals surface area contributed by atoms with Crippen molar-refractivity contribution in [1.82, 2.24) is 0 Å². The second kappa shape index (κ2) is 7.69. The van der Waals surface area contributed by atoms with E-state index in [1.54, 1.807) is 60.7 Å². The summed E-state index contributed by atoms with van der Waals surface area (Å²) in [4.78, 5) is 40.8. The molecule has 0 aliphatic carbocycles. The summed E-state index contributed by atoms with van der Waals surface area (Å²) in [7, 11) is 0. The number of anilines is 2. The van der Waals surface area contributed by atoms with Gasteiger partial charge in [-0.15, -0.1) is 0 Å². The first-order valence-corrected chi connectivity index (χ1v) is 9.17. The molecular weight excluding hydrogens is 368 g/mol. The average Bonchev–Trinajstić information content (AvgIpc) is 3.03. The molecule has 29 heavy (non-hydrogen) atoms. The van der Waals surface area contributed by atoms with Gasteiger partial charge in [-0.3, -0.25) is 14.4 Å². The molecule has 4 rings (SSSR count). The van der Waals surface area contributed by atoms with E-state index in [1.807, 2.05) is 18.2 Å². The van der Waals surface area contributed by atoms with Gasteiger partial charge in [-0.1, -0.05) is 30.3 Å². The zero-order valence-electron chi connectivity index (χ0n) is 15.5. The summed E-state index contributed by atoms with van der Waals surface area (Å²) in [6.45, 7) is -0.0171. The number of imide groups is 1. The van der Waals surface area contributed by atoms with Gasteiger partial charge in [0.15, 0.2) is 0 Å². The predicted molar refractivity (Wildman–Crippen MR) is 109 cm³/mol. The number of fused-ring (bicyclic) bond motifs is 1. The Hall–Kier alpha value is -3.77. The number of aliphatic hydroxyl groups is 1. The maximum Gasteiger partial charge on any atom is 0.266 e. The number of rotatable bonds is 5. The van der Waals surface area contributed by atoms with Crippen molar-refractivity contribution in [3.63, 3.8) is 0 Å². The minimum absolute atomic E-state index is 0.156. The summed E-state index contributed by atoms with van der Waals surface area (Å²) in [5.74, 6) is -1.04. The lowest BCUT2D eigenvalue weighted by Gasteiger charge is -2.22. The topological polar surface area (TPSA) is 77.9 Å². The molecule has 144 valence electrons. The standard InChI is InChI=1S/C23H18N2O4/c26-15-14-24(17-6-2-1-3-7-17)21(27)16-10-12-18(13-11-16)25-22(28)19-8-4-5-9-20(19)23(25)29/h1-13,26H,14-15H2. The molecule has 3 amide bonds. The van der Waals surface area contributed by atoms with Crippen LogP contribution in [0, 0.1) is 0 Å². The Balaban J connectivity index is 1.60. The van der Waals surface area contributed by atoms with E-state index in [9.17, 15) is 19.5 Å². The highest BCUT2D eigenvalue weighted by Gasteiger charge is 2.36. The first kappa shape index (κ1) is 18.6. The number of para-hydroxylation sites is 1. The van der Waals surface area contributed by atoms with Crippen molar-refractivity contribution < 1.29 is 19.5 Å². The van der Waals surface area contributed by atoms with Crippen molar-refractivity contribution in [2.75, 3.05) is 23.0 Å². The van der Waals surface area contributed by atoms with Crippen LogP contribution in [0.2, 0.25) is 0 Å². The van der Waals surface area contributed by atoms with Crippen LogP contribution in [0.25, 0.3) is 0 Å². The van der Waals surface area contributed by atoms with E-state index >= 15 is 0 Å². The monoisotopic (exact) mass is 386 g/mol. The molecule has 0 bridgehead atoms. The molecule has 0 fully saturated rings. The Kier molecular flexibility index (Phi) is 4.93. The second-order valence-electron chi connectivity index (χ2n) is 6.55. The fourth-order valence-corrected chi connectivity index (χ4v) is 3.39. The van der Waals surface area contributed by atoms with Crippen LogP contribution in [0.4, 0.5) is 11.4 Å². The number of amides is 3. The van der Waals surface area contributed by atoms with Gasteiger partial charge in [0.1, 0.15) is 0 Å². The highest BCUT2D eigenvalue weighted by molar-refractivity contribution is 6.34. The van der Waals surface area contributed by atoms with Crippen LogP contribution in [0.5, 0.6) is 0 Å². The zero-order chi connectivity index (χ0) is 20.4. The fraction of sp³-hybridized carbons (Fsp3) is 0.0870. The summed E-state index contributed by atoms with van der Waals surface area (Å²) in [6.07, 6.45) is 0. The molecule has 3 aromatic rings. The van der Waals surface area contributed by atoms with Crippen molar-refractivity contribution in [1.29, 1.82) is 0 Å². The maximum atomic E-state index is 12.9. The molecule has 0 unspecified atom stereocenters. The zero-order valence-corrected chi connectivity index (χ0v) is 15.5. The number of carbonyl (C=O) groups excluding carboxylic acids is 3. The Labute approximate surface area is 167 Å². The largest absolute Gasteiger partial charge is 0.395 e. The van der Waals surface area contributed by atoms with Crippen LogP contribution in [-0.4, -0.2) is 36.0 Å². The van der Waals surface area contributed by atoms with Gasteiger partial charge in [-0.05, 0) is 48.5 Å². The van der Waals surface area contributed by atoms with Gasteiger partial charge >= 0.3 is 0 Å². The van der Waals surface area contributed by atoms with E-state index < -0.39 is 0 Å². The second-order valence-corrected chi connectivity index (χ2v) is 6.55. The average molecular weight is 386 g/mol. The number of benzene rings is 3. The van der Waals surface area contributed by atoms with Crippen molar-refractivity contribution >= 4 is 29.1 Å². The molecule has 0 aromatic heterocycles. The van der Waals surface area contributed by atoms with Crippen LogP contribution in [0.3, 0.4) is 0 Å². The minimum Gasteiger partial charge on any atom is -0.395 e. The van der Waals surface area contributed by atoms with Crippen molar-refractivity contribution in [3.05, 3.63) is 95.6 Å². The lowest BCUT2D eigenvalue weighted by Crippen LogP contribution is -2.33. The third kappa shape index (κ3) is 3.30. The molecule has 6 heteroatoms. The number of carbonyl (C=O) groups is 3. The molecule has 0 radical (unpaired) electrons. The normalized spacial score (nSPS) is 12.8. The molecule has 1 N–H and O–H groups in total. The summed E-state index contributed by atoms with van der Waals surface area (Å²) in [5, 5.41) is 9.35. The van der Waals surface area contributed by atoms with Crippen LogP contribution in [0.15, 0.2) is 78.9 Å². The Morgan fingerprint density at radius 3 is 1.90 bits per heavy atom. The molecule has 0 saturated heterocycles. The van der Waals surface area contributed by atoms with E-state index in [0.717, 1.165) is 4.90 Å². The van der Waals surface area contributed by atoms with Crippen LogP contribution in [0.1, 0.15) is 31.1 Å². The van der Waals surface area contributed by atoms with E-state index in [2.05, 4.69) is 0 Å². The first-order valence-electron chi connectivity index (χ1n) is 9.17. The number of hydrogen-bond acceptors (Lipinski definition) is 4. The fourth-order valence-electron chi connectivity index (χ4n) is 3.39. The third-order valence-electron chi connectivity index (χ3n) is 4.80. The SMILES string of the molecule is O=C(c1ccc(N2C(=O)c3ccccc3C2=O)cc1)N(CCO)c1ccccc1. The maximum absolute atomic E-state index is 12.9. The van der Waals surface area contributed by atoms with E-state index in [1.165, 1.54) is 4.90 Å². The Morgan fingerprint density at radius 1 is 0.793 bits per heavy atom. The molecule has 0 spiro atoms. The molecule has 6 nitrogen and oxygen atoms in total. The number of nitrogens with zero attached hydrogens (tertiary/aromatic N) is 2. The molecule has 1 heterocycles. The summed E-state index contributed by atoms with van der Waals surface area (Å²) < 4.78 is 0. The Morgan fingerprint density at radius 2 is 1.34 bits per heavy atom. The molecule has 3 aromatic carbocycles. The van der Waals surface area contributed by atoms with Crippen molar-refractivity contribution in [2.45, 2.75) is 0 Å². The summed E-state index contributed by atoms with van der Waals surface area (Å²) >= 11 is 0. The first-order chi connectivity index (χ1) is 14.1. The summed E-state index contributed by atoms with van der Waals surface area (Å²) in [5.41, 5.74) is 2.21. The smallest absolute Gasteiger partial charge is 0.266 e. The van der Waals surface area contributed by atoms with Crippen LogP contribution < -0.4 is 9.80 Å². The van der Waals surface area contributed by atoms with Crippen LogP contribution >= 0.6 is 0 Å². The van der Waals surface area contributed by atoms with Crippen molar-refractivity contribution in [2.24, 2.45) is 0 Å². The van der Waals surface area contributed by atoms with Gasteiger partial charge in [0.05, 0.1) is 23.4 Å². The van der Waals surface area contributed by atoms with Crippen LogP contribution in [-0.2, 0) is 0 Å². The Bertz CT molecular complexity index is 1040. The number of hydrogen-bond donors (Lipinski definition) is 1. The molecule has 1 aliphatic heterocycles. The summed E-state index contributed by atoms with van der Waals surface area (Å²) in [6, 6.07) is 22.1. The third-order valence-corrected chi connectivity index (χ3v) is 4.80. The molecular formula is C23H18N2O4. The molecule has 0 atom stereocenters. The number of aliphatic hydroxyl groups excluding tert-OH is 1. The van der Waals surface area contributed by atoms with Gasteiger partial charge in [0, 0.05) is 17.8 Å². The van der Waals surface area contributed by atoms with Gasteiger partial charge in [0.2, 0.25) is 0 Å². The highest BCUT2D eigenvalue weighted by atomic mass is 16.3. The van der Waals surface area contributed by atoms with Gasteiger partial charge in [-0.2, -0.15) is 0 Å². The quantitative estimate of drug-likeness (QED) is 0.684. The molecule has 0 saturated carbocycles. The predicted octanol–water partition coefficient (Wildman–Crippen LogP) is 3.13. The van der Waals surface area contributed by atoms with Gasteiger partial charge < -0.3 is 10.0 Å². The van der Waals surface area contributed by atoms with E-state index in [4.69, 9.17) is 0 Å². The van der Waals surface area contributed by atoms with E-state index in [-0.39, 0.29) is 30.9 Å².